The molecule has 1 unspecified atom stereocenters. The summed E-state index contributed by atoms with van der Waals surface area (Å²) < 4.78 is 13.6. The van der Waals surface area contributed by atoms with Gasteiger partial charge in [-0.2, -0.15) is 0 Å². The van der Waals surface area contributed by atoms with Gasteiger partial charge in [0.25, 0.3) is 5.91 Å². The molecule has 1 atom stereocenters. The molecule has 2 aromatic rings. The van der Waals surface area contributed by atoms with E-state index in [4.69, 9.17) is 0 Å². The van der Waals surface area contributed by atoms with Gasteiger partial charge in [-0.1, -0.05) is 12.1 Å². The van der Waals surface area contributed by atoms with Gasteiger partial charge < -0.3 is 9.88 Å². The van der Waals surface area contributed by atoms with Crippen LogP contribution in [0.2, 0.25) is 0 Å². The molecule has 1 fully saturated rings. The number of nitrogens with one attached hydrogen (secondary N) is 1. The Balaban J connectivity index is 1.64. The number of H-pyrrole nitrogens is 1. The molecule has 1 aliphatic rings. The molecule has 0 aliphatic carbocycles. The van der Waals surface area contributed by atoms with Crippen molar-refractivity contribution in [3.63, 3.8) is 0 Å². The van der Waals surface area contributed by atoms with Crippen LogP contribution in [-0.2, 0) is 6.42 Å². The highest BCUT2D eigenvalue weighted by atomic mass is 19.1. The summed E-state index contributed by atoms with van der Waals surface area (Å²) in [6.07, 6.45) is 3.30. The van der Waals surface area contributed by atoms with E-state index in [9.17, 15) is 9.18 Å². The van der Waals surface area contributed by atoms with Gasteiger partial charge in [0.15, 0.2) is 0 Å². The zero-order chi connectivity index (χ0) is 15.7. The number of benzene rings is 1. The van der Waals surface area contributed by atoms with Gasteiger partial charge in [0.1, 0.15) is 11.5 Å². The molecule has 1 aromatic carbocycles. The Hall–Kier alpha value is -2.17. The molecule has 0 spiro atoms. The molecule has 116 valence electrons. The van der Waals surface area contributed by atoms with Crippen molar-refractivity contribution >= 4 is 5.91 Å². The van der Waals surface area contributed by atoms with Crippen LogP contribution in [-0.4, -0.2) is 33.9 Å². The summed E-state index contributed by atoms with van der Waals surface area (Å²) in [7, 11) is 0. The van der Waals surface area contributed by atoms with Gasteiger partial charge in [-0.3, -0.25) is 4.79 Å². The summed E-state index contributed by atoms with van der Waals surface area (Å²) in [6.45, 7) is 5.06. The maximum atomic E-state index is 13.6. The van der Waals surface area contributed by atoms with Crippen LogP contribution in [0.3, 0.4) is 0 Å². The lowest BCUT2D eigenvalue weighted by Crippen LogP contribution is -2.29. The number of likely N-dealkylation sites (tertiary alicyclic amines) is 1. The van der Waals surface area contributed by atoms with Crippen molar-refractivity contribution in [2.75, 3.05) is 13.1 Å². The number of carbonyl (C=O) groups is 1. The van der Waals surface area contributed by atoms with E-state index >= 15 is 0 Å². The van der Waals surface area contributed by atoms with E-state index < -0.39 is 0 Å². The van der Waals surface area contributed by atoms with Crippen molar-refractivity contribution < 1.29 is 9.18 Å². The highest BCUT2D eigenvalue weighted by molar-refractivity contribution is 5.93. The molecule has 1 aromatic heterocycles. The molecule has 5 heteroatoms. The van der Waals surface area contributed by atoms with Gasteiger partial charge >= 0.3 is 0 Å². The Labute approximate surface area is 129 Å². The number of hydrogen-bond acceptors (Lipinski definition) is 2. The van der Waals surface area contributed by atoms with Crippen LogP contribution in [0.15, 0.2) is 24.5 Å². The quantitative estimate of drug-likeness (QED) is 0.947. The Morgan fingerprint density at radius 3 is 2.95 bits per heavy atom. The summed E-state index contributed by atoms with van der Waals surface area (Å²) in [5, 5.41) is 0. The van der Waals surface area contributed by atoms with Crippen LogP contribution in [0.25, 0.3) is 0 Å². The van der Waals surface area contributed by atoms with Crippen molar-refractivity contribution in [2.45, 2.75) is 26.7 Å². The van der Waals surface area contributed by atoms with E-state index in [0.29, 0.717) is 23.7 Å². The van der Waals surface area contributed by atoms with E-state index in [-0.39, 0.29) is 11.7 Å². The average Bonchev–Trinajstić information content (AvgIpc) is 3.11. The molecule has 22 heavy (non-hydrogen) atoms. The number of carbonyl (C=O) groups excluding carboxylic acids is 1. The van der Waals surface area contributed by atoms with Gasteiger partial charge in [-0.15, -0.1) is 0 Å². The Morgan fingerprint density at radius 1 is 1.45 bits per heavy atom. The number of imidazole rings is 1. The van der Waals surface area contributed by atoms with Crippen molar-refractivity contribution in [3.05, 3.63) is 52.9 Å². The minimum Gasteiger partial charge on any atom is -0.348 e. The van der Waals surface area contributed by atoms with E-state index in [2.05, 4.69) is 9.97 Å². The highest BCUT2D eigenvalue weighted by Crippen LogP contribution is 2.23. The van der Waals surface area contributed by atoms with Crippen LogP contribution in [0, 0.1) is 25.6 Å². The first kappa shape index (κ1) is 14.8. The van der Waals surface area contributed by atoms with Crippen molar-refractivity contribution in [1.29, 1.82) is 0 Å². The van der Waals surface area contributed by atoms with E-state index in [1.165, 1.54) is 0 Å². The molecule has 1 amide bonds. The fourth-order valence-electron chi connectivity index (χ4n) is 3.00. The smallest absolute Gasteiger partial charge is 0.274 e. The number of aromatic nitrogens is 2. The van der Waals surface area contributed by atoms with Crippen LogP contribution in [0.1, 0.15) is 33.7 Å². The molecule has 0 radical (unpaired) electrons. The van der Waals surface area contributed by atoms with Gasteiger partial charge in [0, 0.05) is 18.8 Å². The zero-order valence-electron chi connectivity index (χ0n) is 12.9. The van der Waals surface area contributed by atoms with Crippen LogP contribution < -0.4 is 0 Å². The predicted octanol–water partition coefficient (Wildman–Crippen LogP) is 2.87. The number of aromatic amines is 1. The second-order valence-corrected chi connectivity index (χ2v) is 6.07. The summed E-state index contributed by atoms with van der Waals surface area (Å²) in [6, 6.07) is 5.40. The lowest BCUT2D eigenvalue weighted by Gasteiger charge is -2.16. The van der Waals surface area contributed by atoms with Crippen molar-refractivity contribution in [3.8, 4) is 0 Å². The van der Waals surface area contributed by atoms with Crippen LogP contribution in [0.5, 0.6) is 0 Å². The lowest BCUT2D eigenvalue weighted by atomic mass is 9.98. The number of aryl methyl sites for hydroxylation is 2. The number of amides is 1. The molecule has 1 saturated heterocycles. The summed E-state index contributed by atoms with van der Waals surface area (Å²) in [4.78, 5) is 21.3. The summed E-state index contributed by atoms with van der Waals surface area (Å²) >= 11 is 0. The largest absolute Gasteiger partial charge is 0.348 e. The predicted molar refractivity (Wildman–Crippen MR) is 82.2 cm³/mol. The molecule has 2 heterocycles. The maximum absolute atomic E-state index is 13.6. The second kappa shape index (κ2) is 5.91. The normalized spacial score (nSPS) is 18.0. The minimum absolute atomic E-state index is 0.0173. The van der Waals surface area contributed by atoms with Gasteiger partial charge in [-0.25, -0.2) is 9.37 Å². The first-order valence-corrected chi connectivity index (χ1v) is 7.59. The van der Waals surface area contributed by atoms with E-state index in [1.807, 2.05) is 24.0 Å². The summed E-state index contributed by atoms with van der Waals surface area (Å²) in [5.74, 6) is 0.206. The third kappa shape index (κ3) is 2.89. The van der Waals surface area contributed by atoms with E-state index in [1.54, 1.807) is 19.3 Å². The monoisotopic (exact) mass is 301 g/mol. The molecule has 0 bridgehead atoms. The Kier molecular flexibility index (Phi) is 3.96. The van der Waals surface area contributed by atoms with Crippen LogP contribution in [0.4, 0.5) is 4.39 Å². The molecular weight excluding hydrogens is 281 g/mol. The summed E-state index contributed by atoms with van der Waals surface area (Å²) in [5.41, 5.74) is 2.97. The first-order valence-electron chi connectivity index (χ1n) is 7.59. The zero-order valence-corrected chi connectivity index (χ0v) is 12.9. The third-order valence-electron chi connectivity index (χ3n) is 4.37. The van der Waals surface area contributed by atoms with Gasteiger partial charge in [0.05, 0.1) is 6.33 Å². The number of halogens is 1. The SMILES string of the molecule is Cc1ccc(CC2CCN(C(=O)c3nc[nH]c3C)C2)cc1F. The first-order chi connectivity index (χ1) is 10.5. The Morgan fingerprint density at radius 2 is 2.27 bits per heavy atom. The Bertz CT molecular complexity index is 695. The van der Waals surface area contributed by atoms with Crippen LogP contribution >= 0.6 is 0 Å². The standard InChI is InChI=1S/C17H20FN3O/c1-11-3-4-13(8-15(11)18)7-14-5-6-21(9-14)17(22)16-12(2)19-10-20-16/h3-4,8,10,14H,5-7,9H2,1-2H3,(H,19,20). The minimum atomic E-state index is -0.157. The molecular formula is C17H20FN3O. The lowest BCUT2D eigenvalue weighted by molar-refractivity contribution is 0.0781. The fourth-order valence-corrected chi connectivity index (χ4v) is 3.00. The molecule has 1 aliphatic heterocycles. The average molecular weight is 301 g/mol. The van der Waals surface area contributed by atoms with E-state index in [0.717, 1.165) is 30.6 Å². The van der Waals surface area contributed by atoms with Gasteiger partial charge in [0.2, 0.25) is 0 Å². The molecule has 0 saturated carbocycles. The highest BCUT2D eigenvalue weighted by Gasteiger charge is 2.28. The van der Waals surface area contributed by atoms with Gasteiger partial charge in [-0.05, 0) is 49.8 Å². The maximum Gasteiger partial charge on any atom is 0.274 e. The topological polar surface area (TPSA) is 49.0 Å². The number of hydrogen-bond donors (Lipinski definition) is 1. The number of nitrogens with zero attached hydrogens (tertiary/aromatic N) is 2. The fraction of sp³-hybridized carbons (Fsp3) is 0.412. The van der Waals surface area contributed by atoms with Crippen molar-refractivity contribution in [2.24, 2.45) is 5.92 Å². The second-order valence-electron chi connectivity index (χ2n) is 6.07. The third-order valence-corrected chi connectivity index (χ3v) is 4.37. The molecule has 4 nitrogen and oxygen atoms in total. The number of rotatable bonds is 3. The molecule has 3 rings (SSSR count). The molecule has 1 N–H and O–H groups in total. The van der Waals surface area contributed by atoms with Crippen molar-refractivity contribution in [1.82, 2.24) is 14.9 Å².